The molecule has 1 atom stereocenters. The van der Waals surface area contributed by atoms with Gasteiger partial charge < -0.3 is 0 Å². The number of nitrogens with one attached hydrogen (secondary N) is 1. The fraction of sp³-hybridized carbons (Fsp3) is 0.111. The van der Waals surface area contributed by atoms with Crippen LogP contribution in [0.15, 0.2) is 43.0 Å². The lowest BCUT2D eigenvalue weighted by molar-refractivity contribution is -0.549. The predicted octanol–water partition coefficient (Wildman–Crippen LogP) is 1.69. The maximum atomic E-state index is 10.2. The third-order valence-electron chi connectivity index (χ3n) is 1.64. The van der Waals surface area contributed by atoms with Crippen molar-refractivity contribution in [3.05, 3.63) is 58.7 Å². The van der Waals surface area contributed by atoms with Crippen LogP contribution in [0, 0.1) is 10.1 Å². The molecule has 0 fully saturated rings. The molecular weight excluding hydrogens is 168 g/mol. The Bertz CT molecular complexity index is 298. The summed E-state index contributed by atoms with van der Waals surface area (Å²) in [5.41, 5.74) is 2.98. The third kappa shape index (κ3) is 2.59. The van der Waals surface area contributed by atoms with E-state index in [-0.39, 0.29) is 0 Å². The van der Waals surface area contributed by atoms with Crippen LogP contribution in [0.2, 0.25) is 0 Å². The highest BCUT2D eigenvalue weighted by atomic mass is 16.7. The van der Waals surface area contributed by atoms with Crippen molar-refractivity contribution in [3.8, 4) is 0 Å². The van der Waals surface area contributed by atoms with Crippen molar-refractivity contribution >= 4 is 0 Å². The third-order valence-corrected chi connectivity index (χ3v) is 1.64. The second-order valence-corrected chi connectivity index (χ2v) is 2.51. The lowest BCUT2D eigenvalue weighted by Gasteiger charge is -2.08. The SMILES string of the molecule is C=CC(N[N+](=O)[O-])c1ccccc1. The molecule has 0 saturated heterocycles. The summed E-state index contributed by atoms with van der Waals surface area (Å²) in [6.45, 7) is 3.52. The number of hydrogen-bond acceptors (Lipinski definition) is 2. The summed E-state index contributed by atoms with van der Waals surface area (Å²) < 4.78 is 0. The number of benzene rings is 1. The van der Waals surface area contributed by atoms with Crippen LogP contribution in [0.5, 0.6) is 0 Å². The monoisotopic (exact) mass is 178 g/mol. The summed E-state index contributed by atoms with van der Waals surface area (Å²) in [7, 11) is 0. The van der Waals surface area contributed by atoms with Gasteiger partial charge in [-0.3, -0.25) is 0 Å². The number of nitro groups is 1. The summed E-state index contributed by atoms with van der Waals surface area (Å²) >= 11 is 0. The molecule has 4 nitrogen and oxygen atoms in total. The maximum absolute atomic E-state index is 10.2. The summed E-state index contributed by atoms with van der Waals surface area (Å²) in [5.74, 6) is 0. The Morgan fingerprint density at radius 3 is 2.54 bits per heavy atom. The van der Waals surface area contributed by atoms with Crippen molar-refractivity contribution < 1.29 is 5.03 Å². The van der Waals surface area contributed by atoms with Crippen molar-refractivity contribution in [3.63, 3.8) is 0 Å². The number of nitrogens with zero attached hydrogens (tertiary/aromatic N) is 1. The molecule has 0 heterocycles. The molecule has 68 valence electrons. The smallest absolute Gasteiger partial charge is 0.158 e. The number of rotatable bonds is 4. The molecule has 1 aromatic rings. The Morgan fingerprint density at radius 2 is 2.08 bits per heavy atom. The van der Waals surface area contributed by atoms with Crippen LogP contribution in [-0.4, -0.2) is 5.03 Å². The lowest BCUT2D eigenvalue weighted by atomic mass is 10.1. The van der Waals surface area contributed by atoms with Gasteiger partial charge in [-0.25, -0.2) is 10.1 Å². The van der Waals surface area contributed by atoms with Crippen molar-refractivity contribution in [2.24, 2.45) is 0 Å². The van der Waals surface area contributed by atoms with Crippen LogP contribution >= 0.6 is 0 Å². The zero-order valence-electron chi connectivity index (χ0n) is 7.01. The highest BCUT2D eigenvalue weighted by Crippen LogP contribution is 2.12. The summed E-state index contributed by atoms with van der Waals surface area (Å²) in [4.78, 5) is 10.2. The van der Waals surface area contributed by atoms with Gasteiger partial charge in [0.05, 0.1) is 0 Å². The average Bonchev–Trinajstić information content (AvgIpc) is 2.15. The maximum Gasteiger partial charge on any atom is 0.158 e. The molecule has 0 radical (unpaired) electrons. The van der Waals surface area contributed by atoms with Crippen LogP contribution < -0.4 is 5.43 Å². The van der Waals surface area contributed by atoms with Gasteiger partial charge in [0.15, 0.2) is 5.03 Å². The van der Waals surface area contributed by atoms with E-state index >= 15 is 0 Å². The van der Waals surface area contributed by atoms with Gasteiger partial charge in [-0.1, -0.05) is 36.4 Å². The first kappa shape index (κ1) is 9.25. The van der Waals surface area contributed by atoms with Gasteiger partial charge in [0.25, 0.3) is 0 Å². The Kier molecular flexibility index (Phi) is 3.03. The molecule has 0 aliphatic rings. The molecule has 0 amide bonds. The second kappa shape index (κ2) is 4.25. The first-order valence-corrected chi connectivity index (χ1v) is 3.82. The van der Waals surface area contributed by atoms with Gasteiger partial charge in [-0.2, -0.15) is 0 Å². The van der Waals surface area contributed by atoms with Gasteiger partial charge >= 0.3 is 0 Å². The quantitative estimate of drug-likeness (QED) is 0.433. The highest BCUT2D eigenvalue weighted by Gasteiger charge is 2.10. The predicted molar refractivity (Wildman–Crippen MR) is 49.5 cm³/mol. The molecule has 0 bridgehead atoms. The van der Waals surface area contributed by atoms with Crippen LogP contribution in [-0.2, 0) is 0 Å². The van der Waals surface area contributed by atoms with Gasteiger partial charge in [-0.15, -0.1) is 12.0 Å². The van der Waals surface area contributed by atoms with Crippen LogP contribution in [0.1, 0.15) is 11.6 Å². The Morgan fingerprint density at radius 1 is 1.46 bits per heavy atom. The van der Waals surface area contributed by atoms with Crippen LogP contribution in [0.4, 0.5) is 0 Å². The zero-order chi connectivity index (χ0) is 9.68. The molecule has 0 aromatic heterocycles. The van der Waals surface area contributed by atoms with E-state index in [2.05, 4.69) is 12.0 Å². The molecule has 4 heteroatoms. The molecule has 13 heavy (non-hydrogen) atoms. The molecule has 1 unspecified atom stereocenters. The Balaban J connectivity index is 2.78. The summed E-state index contributed by atoms with van der Waals surface area (Å²) in [6, 6.07) is 8.69. The Labute approximate surface area is 76.0 Å². The average molecular weight is 178 g/mol. The molecule has 0 aliphatic heterocycles. The zero-order valence-corrected chi connectivity index (χ0v) is 7.01. The van der Waals surface area contributed by atoms with E-state index in [0.29, 0.717) is 0 Å². The molecule has 0 saturated carbocycles. The van der Waals surface area contributed by atoms with Gasteiger partial charge in [0.1, 0.15) is 6.04 Å². The van der Waals surface area contributed by atoms with E-state index in [1.165, 1.54) is 6.08 Å². The van der Waals surface area contributed by atoms with E-state index in [0.717, 1.165) is 5.56 Å². The van der Waals surface area contributed by atoms with Crippen molar-refractivity contribution in [2.45, 2.75) is 6.04 Å². The van der Waals surface area contributed by atoms with Crippen molar-refractivity contribution in [1.82, 2.24) is 5.43 Å². The summed E-state index contributed by atoms with van der Waals surface area (Å²) in [5, 5.41) is 9.62. The number of hydrazine groups is 1. The topological polar surface area (TPSA) is 55.2 Å². The largest absolute Gasteiger partial charge is 0.235 e. The minimum absolute atomic E-state index is 0.434. The van der Waals surface area contributed by atoms with Crippen molar-refractivity contribution in [1.29, 1.82) is 0 Å². The van der Waals surface area contributed by atoms with Gasteiger partial charge in [-0.05, 0) is 5.56 Å². The molecule has 0 spiro atoms. The van der Waals surface area contributed by atoms with E-state index in [4.69, 9.17) is 0 Å². The van der Waals surface area contributed by atoms with Crippen molar-refractivity contribution in [2.75, 3.05) is 0 Å². The summed E-state index contributed by atoms with van der Waals surface area (Å²) in [6.07, 6.45) is 1.50. The van der Waals surface area contributed by atoms with E-state index in [9.17, 15) is 10.1 Å². The first-order valence-electron chi connectivity index (χ1n) is 3.82. The number of hydrogen-bond donors (Lipinski definition) is 1. The first-order chi connectivity index (χ1) is 6.24. The van der Waals surface area contributed by atoms with E-state index in [1.54, 1.807) is 0 Å². The molecule has 1 rings (SSSR count). The van der Waals surface area contributed by atoms with Gasteiger partial charge in [0.2, 0.25) is 0 Å². The van der Waals surface area contributed by atoms with Crippen LogP contribution in [0.3, 0.4) is 0 Å². The standard InChI is InChI=1S/C9H10N2O2/c1-2-9(10-11(12)13)8-6-4-3-5-7-8/h2-7,9-10H,1H2. The fourth-order valence-electron chi connectivity index (χ4n) is 1.04. The minimum Gasteiger partial charge on any atom is -0.235 e. The molecular formula is C9H10N2O2. The minimum atomic E-state index is -0.570. The second-order valence-electron chi connectivity index (χ2n) is 2.51. The van der Waals surface area contributed by atoms with Crippen LogP contribution in [0.25, 0.3) is 0 Å². The highest BCUT2D eigenvalue weighted by molar-refractivity contribution is 5.21. The Hall–Kier alpha value is -1.84. The molecule has 0 aliphatic carbocycles. The lowest BCUT2D eigenvalue weighted by Crippen LogP contribution is -2.25. The molecule has 1 N–H and O–H groups in total. The van der Waals surface area contributed by atoms with E-state index < -0.39 is 11.1 Å². The fourth-order valence-corrected chi connectivity index (χ4v) is 1.04. The molecule has 1 aromatic carbocycles. The normalized spacial score (nSPS) is 11.7. The van der Waals surface area contributed by atoms with Gasteiger partial charge in [0, 0.05) is 0 Å². The van der Waals surface area contributed by atoms with E-state index in [1.807, 2.05) is 30.3 Å².